The summed E-state index contributed by atoms with van der Waals surface area (Å²) in [6.07, 6.45) is 2.74. The molecule has 0 amide bonds. The maximum Gasteiger partial charge on any atom is 0.191 e. The molecule has 142 valence electrons. The van der Waals surface area contributed by atoms with E-state index in [9.17, 15) is 0 Å². The second-order valence-electron chi connectivity index (χ2n) is 6.94. The van der Waals surface area contributed by atoms with E-state index in [0.29, 0.717) is 6.54 Å². The van der Waals surface area contributed by atoms with Crippen molar-refractivity contribution in [3.05, 3.63) is 59.0 Å². The molecule has 6 heteroatoms. The molecule has 0 saturated carbocycles. The smallest absolute Gasteiger partial charge is 0.191 e. The number of aromatic nitrogens is 3. The van der Waals surface area contributed by atoms with Crippen molar-refractivity contribution in [1.29, 1.82) is 0 Å². The zero-order chi connectivity index (χ0) is 19.4. The number of aryl methyl sites for hydroxylation is 2. The van der Waals surface area contributed by atoms with E-state index in [1.54, 1.807) is 7.05 Å². The third kappa shape index (κ3) is 4.27. The summed E-state index contributed by atoms with van der Waals surface area (Å²) in [6, 6.07) is 10.5. The number of hydrogen-bond donors (Lipinski definition) is 2. The van der Waals surface area contributed by atoms with E-state index in [4.69, 9.17) is 0 Å². The van der Waals surface area contributed by atoms with Crippen molar-refractivity contribution in [2.45, 2.75) is 39.8 Å². The van der Waals surface area contributed by atoms with Gasteiger partial charge in [0.1, 0.15) is 0 Å². The Hall–Kier alpha value is -2.89. The van der Waals surface area contributed by atoms with Crippen molar-refractivity contribution in [2.75, 3.05) is 7.05 Å². The van der Waals surface area contributed by atoms with Gasteiger partial charge in [0, 0.05) is 44.0 Å². The summed E-state index contributed by atoms with van der Waals surface area (Å²) < 4.78 is 1.94. The average Bonchev–Trinajstić information content (AvgIpc) is 2.91. The molecule has 3 rings (SSSR count). The summed E-state index contributed by atoms with van der Waals surface area (Å²) in [6.45, 7) is 7.02. The van der Waals surface area contributed by atoms with Crippen LogP contribution in [0.4, 0.5) is 0 Å². The Morgan fingerprint density at radius 1 is 1.22 bits per heavy atom. The molecule has 1 aromatic carbocycles. The first-order valence-corrected chi connectivity index (χ1v) is 9.28. The van der Waals surface area contributed by atoms with Gasteiger partial charge in [-0.05, 0) is 44.4 Å². The Bertz CT molecular complexity index is 951. The van der Waals surface area contributed by atoms with Gasteiger partial charge in [0.25, 0.3) is 0 Å². The van der Waals surface area contributed by atoms with Crippen LogP contribution in [0.1, 0.15) is 29.4 Å². The number of para-hydroxylation sites is 1. The molecule has 0 radical (unpaired) electrons. The number of guanidine groups is 1. The predicted molar refractivity (Wildman–Crippen MR) is 111 cm³/mol. The fourth-order valence-electron chi connectivity index (χ4n) is 3.39. The monoisotopic (exact) mass is 364 g/mol. The number of rotatable bonds is 5. The Balaban J connectivity index is 1.64. The van der Waals surface area contributed by atoms with E-state index >= 15 is 0 Å². The van der Waals surface area contributed by atoms with Gasteiger partial charge >= 0.3 is 0 Å². The average molecular weight is 364 g/mol. The van der Waals surface area contributed by atoms with Crippen molar-refractivity contribution < 1.29 is 0 Å². The van der Waals surface area contributed by atoms with Crippen LogP contribution in [0, 0.1) is 13.8 Å². The first-order chi connectivity index (χ1) is 13.0. The lowest BCUT2D eigenvalue weighted by molar-refractivity contribution is 0.635. The highest BCUT2D eigenvalue weighted by atomic mass is 15.3. The molecule has 2 heterocycles. The molecule has 6 nitrogen and oxygen atoms in total. The number of aliphatic imine (C=N–C) groups is 1. The van der Waals surface area contributed by atoms with E-state index < -0.39 is 0 Å². The SMILES string of the molecule is CN=C(NCc1cccc2cccnc12)NC(C)Cc1c(C)nn(C)c1C. The number of hydrogen-bond acceptors (Lipinski definition) is 3. The topological polar surface area (TPSA) is 67.1 Å². The predicted octanol–water partition coefficient (Wildman–Crippen LogP) is 2.88. The van der Waals surface area contributed by atoms with Crippen LogP contribution in [0.2, 0.25) is 0 Å². The van der Waals surface area contributed by atoms with E-state index in [-0.39, 0.29) is 6.04 Å². The minimum absolute atomic E-state index is 0.239. The summed E-state index contributed by atoms with van der Waals surface area (Å²) in [4.78, 5) is 8.88. The number of benzene rings is 1. The quantitative estimate of drug-likeness (QED) is 0.540. The standard InChI is InChI=1S/C21H28N6/c1-14(12-19-15(2)26-27(5)16(19)3)25-21(22-4)24-13-18-9-6-8-17-10-7-11-23-20(17)18/h6-11,14H,12-13H2,1-5H3,(H2,22,24,25). The Kier molecular flexibility index (Phi) is 5.74. The summed E-state index contributed by atoms with van der Waals surface area (Å²) in [7, 11) is 3.78. The van der Waals surface area contributed by atoms with Crippen LogP contribution >= 0.6 is 0 Å². The highest BCUT2D eigenvalue weighted by Gasteiger charge is 2.14. The summed E-state index contributed by atoms with van der Waals surface area (Å²) in [5.74, 6) is 0.787. The molecule has 27 heavy (non-hydrogen) atoms. The highest BCUT2D eigenvalue weighted by Crippen LogP contribution is 2.16. The molecule has 0 aliphatic rings. The van der Waals surface area contributed by atoms with Gasteiger partial charge in [0.15, 0.2) is 5.96 Å². The van der Waals surface area contributed by atoms with Crippen LogP contribution in [-0.4, -0.2) is 33.8 Å². The van der Waals surface area contributed by atoms with Gasteiger partial charge in [-0.1, -0.05) is 24.3 Å². The van der Waals surface area contributed by atoms with Gasteiger partial charge in [-0.3, -0.25) is 14.7 Å². The number of nitrogens with zero attached hydrogens (tertiary/aromatic N) is 4. The van der Waals surface area contributed by atoms with E-state index in [0.717, 1.165) is 34.5 Å². The first kappa shape index (κ1) is 18.9. The molecular weight excluding hydrogens is 336 g/mol. The van der Waals surface area contributed by atoms with Crippen molar-refractivity contribution in [1.82, 2.24) is 25.4 Å². The fourth-order valence-corrected chi connectivity index (χ4v) is 3.39. The van der Waals surface area contributed by atoms with Gasteiger partial charge in [0.05, 0.1) is 11.2 Å². The molecule has 0 aliphatic carbocycles. The fraction of sp³-hybridized carbons (Fsp3) is 0.381. The van der Waals surface area contributed by atoms with Crippen molar-refractivity contribution in [3.8, 4) is 0 Å². The van der Waals surface area contributed by atoms with Crippen LogP contribution in [0.15, 0.2) is 41.5 Å². The summed E-state index contributed by atoms with van der Waals surface area (Å²) in [5.41, 5.74) is 5.78. The minimum Gasteiger partial charge on any atom is -0.354 e. The van der Waals surface area contributed by atoms with Gasteiger partial charge < -0.3 is 10.6 Å². The number of nitrogens with one attached hydrogen (secondary N) is 2. The lowest BCUT2D eigenvalue weighted by Gasteiger charge is -2.18. The van der Waals surface area contributed by atoms with Gasteiger partial charge in [-0.15, -0.1) is 0 Å². The van der Waals surface area contributed by atoms with Crippen LogP contribution < -0.4 is 10.6 Å². The highest BCUT2D eigenvalue weighted by molar-refractivity contribution is 5.83. The molecule has 3 aromatic rings. The van der Waals surface area contributed by atoms with E-state index in [1.807, 2.05) is 24.0 Å². The lowest BCUT2D eigenvalue weighted by Crippen LogP contribution is -2.42. The molecular formula is C21H28N6. The third-order valence-electron chi connectivity index (χ3n) is 4.94. The largest absolute Gasteiger partial charge is 0.354 e. The second-order valence-corrected chi connectivity index (χ2v) is 6.94. The van der Waals surface area contributed by atoms with Gasteiger partial charge in [0.2, 0.25) is 0 Å². The number of pyridine rings is 1. The molecule has 0 spiro atoms. The maximum atomic E-state index is 4.51. The second kappa shape index (κ2) is 8.20. The van der Waals surface area contributed by atoms with Gasteiger partial charge in [-0.25, -0.2) is 0 Å². The first-order valence-electron chi connectivity index (χ1n) is 9.28. The van der Waals surface area contributed by atoms with Crippen LogP contribution in [0.25, 0.3) is 10.9 Å². The zero-order valence-electron chi connectivity index (χ0n) is 16.7. The van der Waals surface area contributed by atoms with Crippen LogP contribution in [0.3, 0.4) is 0 Å². The Morgan fingerprint density at radius 3 is 2.70 bits per heavy atom. The normalized spacial score (nSPS) is 13.0. The molecule has 0 fully saturated rings. The minimum atomic E-state index is 0.239. The Morgan fingerprint density at radius 2 is 2.00 bits per heavy atom. The number of fused-ring (bicyclic) bond motifs is 1. The molecule has 0 aliphatic heterocycles. The van der Waals surface area contributed by atoms with Gasteiger partial charge in [-0.2, -0.15) is 5.10 Å². The van der Waals surface area contributed by atoms with Crippen LogP contribution in [0.5, 0.6) is 0 Å². The van der Waals surface area contributed by atoms with Crippen molar-refractivity contribution in [2.24, 2.45) is 12.0 Å². The third-order valence-corrected chi connectivity index (χ3v) is 4.94. The van der Waals surface area contributed by atoms with Crippen molar-refractivity contribution in [3.63, 3.8) is 0 Å². The van der Waals surface area contributed by atoms with E-state index in [2.05, 4.69) is 70.7 Å². The molecule has 1 atom stereocenters. The molecule has 2 N–H and O–H groups in total. The summed E-state index contributed by atoms with van der Waals surface area (Å²) in [5, 5.41) is 12.5. The molecule has 0 saturated heterocycles. The maximum absolute atomic E-state index is 4.51. The van der Waals surface area contributed by atoms with E-state index in [1.165, 1.54) is 11.3 Å². The molecule has 2 aromatic heterocycles. The van der Waals surface area contributed by atoms with Crippen molar-refractivity contribution >= 4 is 16.9 Å². The van der Waals surface area contributed by atoms with Crippen LogP contribution in [-0.2, 0) is 20.0 Å². The Labute approximate surface area is 160 Å². The molecule has 0 bridgehead atoms. The zero-order valence-corrected chi connectivity index (χ0v) is 16.7. The molecule has 1 unspecified atom stereocenters. The summed E-state index contributed by atoms with van der Waals surface area (Å²) >= 11 is 0. The lowest BCUT2D eigenvalue weighted by atomic mass is 10.1.